The molecular weight excluding hydrogens is 675 g/mol. The summed E-state index contributed by atoms with van der Waals surface area (Å²) in [6, 6.07) is 18.2. The third-order valence-electron chi connectivity index (χ3n) is 10.6. The monoisotopic (exact) mass is 713 g/mol. The first kappa shape index (κ1) is 35.0. The van der Waals surface area contributed by atoms with Gasteiger partial charge in [0.25, 0.3) is 11.8 Å². The van der Waals surface area contributed by atoms with Crippen LogP contribution in [-0.2, 0) is 15.8 Å². The van der Waals surface area contributed by atoms with Crippen molar-refractivity contribution in [1.29, 1.82) is 5.26 Å². The number of carbonyl (C=O) groups is 4. The number of fused-ring (bicyclic) bond motifs is 1. The van der Waals surface area contributed by atoms with Gasteiger partial charge < -0.3 is 15.1 Å². The Morgan fingerprint density at radius 3 is 2.12 bits per heavy atom. The number of anilines is 3. The first-order chi connectivity index (χ1) is 25.0. The second-order valence-corrected chi connectivity index (χ2v) is 13.7. The Morgan fingerprint density at radius 2 is 1.44 bits per heavy atom. The molecule has 4 amide bonds. The number of amides is 4. The maximum atomic E-state index is 13.5. The lowest BCUT2D eigenvalue weighted by atomic mass is 9.89. The molecule has 0 bridgehead atoms. The molecule has 4 aliphatic heterocycles. The summed E-state index contributed by atoms with van der Waals surface area (Å²) < 4.78 is 40.4. The Labute approximate surface area is 298 Å². The highest BCUT2D eigenvalue weighted by molar-refractivity contribution is 6.23. The molecule has 7 rings (SSSR count). The molecule has 0 spiro atoms. The average Bonchev–Trinajstić information content (AvgIpc) is 3.39. The van der Waals surface area contributed by atoms with E-state index in [2.05, 4.69) is 44.7 Å². The van der Waals surface area contributed by atoms with Gasteiger partial charge in [0.05, 0.1) is 28.3 Å². The van der Waals surface area contributed by atoms with Crippen LogP contribution in [0, 0.1) is 11.3 Å². The second-order valence-electron chi connectivity index (χ2n) is 13.7. The maximum absolute atomic E-state index is 13.5. The van der Waals surface area contributed by atoms with Crippen molar-refractivity contribution in [1.82, 2.24) is 15.1 Å². The average molecular weight is 714 g/mol. The van der Waals surface area contributed by atoms with Crippen molar-refractivity contribution >= 4 is 40.7 Å². The highest BCUT2D eigenvalue weighted by Crippen LogP contribution is 2.37. The standard InChI is InChI=1S/C38H38F3N7O4/c39-38(40,41)32-22-29(6-3-26(32)23-42)46-14-11-25(12-15-46)24-1-4-27(5-2-24)43-13-16-45-17-19-47(20-18-45)28-7-8-30-31(21-28)37(52)48(36(30)51)33-9-10-34(49)44-35(33)50/h1-8,21-22,25,33,43H,9-20H2,(H,44,49,50). The number of halogens is 3. The minimum Gasteiger partial charge on any atom is -0.384 e. The Bertz CT molecular complexity index is 1930. The van der Waals surface area contributed by atoms with Crippen molar-refractivity contribution in [2.45, 2.75) is 43.8 Å². The van der Waals surface area contributed by atoms with Crippen molar-refractivity contribution < 1.29 is 32.3 Å². The summed E-state index contributed by atoms with van der Waals surface area (Å²) >= 11 is 0. The van der Waals surface area contributed by atoms with Crippen LogP contribution in [-0.4, -0.2) is 91.8 Å². The Balaban J connectivity index is 0.856. The molecule has 4 heterocycles. The smallest absolute Gasteiger partial charge is 0.384 e. The number of hydrogen-bond donors (Lipinski definition) is 2. The minimum atomic E-state index is -4.57. The fourth-order valence-corrected chi connectivity index (χ4v) is 7.65. The number of rotatable bonds is 8. The molecule has 1 atom stereocenters. The van der Waals surface area contributed by atoms with Crippen LogP contribution < -0.4 is 20.4 Å². The zero-order chi connectivity index (χ0) is 36.6. The molecule has 2 N–H and O–H groups in total. The van der Waals surface area contributed by atoms with Crippen LogP contribution in [0.1, 0.15) is 69.0 Å². The Morgan fingerprint density at radius 1 is 0.788 bits per heavy atom. The lowest BCUT2D eigenvalue weighted by molar-refractivity contribution is -0.138. The number of piperidine rings is 2. The van der Waals surface area contributed by atoms with Crippen molar-refractivity contribution in [2.75, 3.05) is 67.5 Å². The number of benzene rings is 3. The van der Waals surface area contributed by atoms with Gasteiger partial charge in [-0.1, -0.05) is 12.1 Å². The third-order valence-corrected chi connectivity index (χ3v) is 10.6. The van der Waals surface area contributed by atoms with E-state index >= 15 is 0 Å². The number of nitriles is 1. The largest absolute Gasteiger partial charge is 0.417 e. The molecule has 4 aliphatic rings. The van der Waals surface area contributed by atoms with Gasteiger partial charge in [-0.3, -0.25) is 34.3 Å². The highest BCUT2D eigenvalue weighted by atomic mass is 19.4. The van der Waals surface area contributed by atoms with Gasteiger partial charge in [0, 0.05) is 75.8 Å². The number of hydrogen-bond acceptors (Lipinski definition) is 9. The van der Waals surface area contributed by atoms with Crippen LogP contribution in [0.2, 0.25) is 0 Å². The molecule has 3 fully saturated rings. The van der Waals surface area contributed by atoms with Gasteiger partial charge >= 0.3 is 6.18 Å². The molecule has 3 aromatic carbocycles. The molecule has 0 aromatic heterocycles. The molecule has 270 valence electrons. The van der Waals surface area contributed by atoms with E-state index in [1.54, 1.807) is 24.3 Å². The van der Waals surface area contributed by atoms with E-state index in [1.807, 2.05) is 11.0 Å². The molecule has 52 heavy (non-hydrogen) atoms. The van der Waals surface area contributed by atoms with Crippen molar-refractivity contribution in [3.05, 3.63) is 88.5 Å². The van der Waals surface area contributed by atoms with Gasteiger partial charge in [0.1, 0.15) is 6.04 Å². The predicted molar refractivity (Wildman–Crippen MR) is 187 cm³/mol. The zero-order valence-electron chi connectivity index (χ0n) is 28.4. The number of nitrogens with zero attached hydrogens (tertiary/aromatic N) is 5. The molecule has 3 saturated heterocycles. The summed E-state index contributed by atoms with van der Waals surface area (Å²) in [6.45, 7) is 6.02. The SMILES string of the molecule is N#Cc1ccc(N2CCC(c3ccc(NCCN4CCN(c5ccc6c(c5)C(=O)N(C5CCC(=O)NC5=O)C6=O)CC4)cc3)CC2)cc1C(F)(F)F. The van der Waals surface area contributed by atoms with E-state index < -0.39 is 41.4 Å². The van der Waals surface area contributed by atoms with Gasteiger partial charge in [0.2, 0.25) is 11.8 Å². The lowest BCUT2D eigenvalue weighted by Crippen LogP contribution is -2.54. The van der Waals surface area contributed by atoms with Crippen LogP contribution in [0.3, 0.4) is 0 Å². The van der Waals surface area contributed by atoms with Gasteiger partial charge in [0.15, 0.2) is 0 Å². The fraction of sp³-hybridized carbons (Fsp3) is 0.395. The van der Waals surface area contributed by atoms with Gasteiger partial charge in [-0.05, 0) is 79.3 Å². The summed E-state index contributed by atoms with van der Waals surface area (Å²) in [7, 11) is 0. The second kappa shape index (κ2) is 14.3. The van der Waals surface area contributed by atoms with Crippen LogP contribution in [0.5, 0.6) is 0 Å². The van der Waals surface area contributed by atoms with Crippen molar-refractivity contribution in [3.63, 3.8) is 0 Å². The van der Waals surface area contributed by atoms with Crippen LogP contribution >= 0.6 is 0 Å². The fourth-order valence-electron chi connectivity index (χ4n) is 7.65. The number of imide groups is 2. The zero-order valence-corrected chi connectivity index (χ0v) is 28.4. The van der Waals surface area contributed by atoms with Gasteiger partial charge in [-0.15, -0.1) is 0 Å². The number of alkyl halides is 3. The van der Waals surface area contributed by atoms with Gasteiger partial charge in [-0.2, -0.15) is 18.4 Å². The molecule has 14 heteroatoms. The first-order valence-electron chi connectivity index (χ1n) is 17.5. The van der Waals surface area contributed by atoms with Crippen LogP contribution in [0.4, 0.5) is 30.2 Å². The van der Waals surface area contributed by atoms with Crippen molar-refractivity contribution in [2.24, 2.45) is 0 Å². The third kappa shape index (κ3) is 7.05. The van der Waals surface area contributed by atoms with E-state index in [9.17, 15) is 32.3 Å². The van der Waals surface area contributed by atoms with E-state index in [4.69, 9.17) is 5.26 Å². The molecular formula is C38H38F3N7O4. The molecule has 11 nitrogen and oxygen atoms in total. The van der Waals surface area contributed by atoms with Crippen LogP contribution in [0.15, 0.2) is 60.7 Å². The molecule has 0 aliphatic carbocycles. The summed E-state index contributed by atoms with van der Waals surface area (Å²) in [6.07, 6.45) is -2.74. The topological polar surface area (TPSA) is 129 Å². The normalized spacial score (nSPS) is 20.2. The number of piperazine rings is 1. The molecule has 1 unspecified atom stereocenters. The Kier molecular flexibility index (Phi) is 9.63. The van der Waals surface area contributed by atoms with Gasteiger partial charge in [-0.25, -0.2) is 0 Å². The minimum absolute atomic E-state index is 0.0775. The summed E-state index contributed by atoms with van der Waals surface area (Å²) in [5.41, 5.74) is 2.85. The molecule has 3 aromatic rings. The van der Waals surface area contributed by atoms with Crippen LogP contribution in [0.25, 0.3) is 0 Å². The highest BCUT2D eigenvalue weighted by Gasteiger charge is 2.45. The van der Waals surface area contributed by atoms with Crippen molar-refractivity contribution in [3.8, 4) is 6.07 Å². The summed E-state index contributed by atoms with van der Waals surface area (Å²) in [5.74, 6) is -1.74. The lowest BCUT2D eigenvalue weighted by Gasteiger charge is -2.36. The quantitative estimate of drug-likeness (QED) is 0.322. The summed E-state index contributed by atoms with van der Waals surface area (Å²) in [5, 5.41) is 14.8. The number of nitrogens with one attached hydrogen (secondary N) is 2. The Hall–Kier alpha value is -5.42. The first-order valence-corrected chi connectivity index (χ1v) is 17.5. The maximum Gasteiger partial charge on any atom is 0.417 e. The molecule has 0 saturated carbocycles. The van der Waals surface area contributed by atoms with E-state index in [-0.39, 0.29) is 29.5 Å². The van der Waals surface area contributed by atoms with E-state index in [1.165, 1.54) is 11.6 Å². The number of carbonyl (C=O) groups excluding carboxylic acids is 4. The summed E-state index contributed by atoms with van der Waals surface area (Å²) in [4.78, 5) is 57.7. The predicted octanol–water partition coefficient (Wildman–Crippen LogP) is 4.60. The molecule has 0 radical (unpaired) electrons. The van der Waals surface area contributed by atoms with E-state index in [0.29, 0.717) is 24.7 Å². The van der Waals surface area contributed by atoms with E-state index in [0.717, 1.165) is 74.5 Å².